The Kier molecular flexibility index (Phi) is 5.07. The summed E-state index contributed by atoms with van der Waals surface area (Å²) >= 11 is 0. The average molecular weight is 292 g/mol. The van der Waals surface area contributed by atoms with Gasteiger partial charge in [0, 0.05) is 30.4 Å². The summed E-state index contributed by atoms with van der Waals surface area (Å²) in [4.78, 5) is 11.6. The van der Waals surface area contributed by atoms with Crippen molar-refractivity contribution in [1.82, 2.24) is 0 Å². The topological polar surface area (TPSA) is 59.6 Å². The molecule has 5 heteroatoms. The Labute approximate surface area is 126 Å². The summed E-state index contributed by atoms with van der Waals surface area (Å²) in [6.45, 7) is 8.14. The van der Waals surface area contributed by atoms with Crippen molar-refractivity contribution in [2.75, 3.05) is 30.4 Å². The Morgan fingerprint density at radius 2 is 1.95 bits per heavy atom. The van der Waals surface area contributed by atoms with Gasteiger partial charge in [-0.15, -0.1) is 0 Å². The van der Waals surface area contributed by atoms with Crippen LogP contribution in [0.5, 0.6) is 0 Å². The van der Waals surface area contributed by atoms with Gasteiger partial charge in [0.05, 0.1) is 6.61 Å². The smallest absolute Gasteiger partial charge is 0.412 e. The van der Waals surface area contributed by atoms with E-state index in [0.717, 1.165) is 37.6 Å². The van der Waals surface area contributed by atoms with Crippen LogP contribution in [0.25, 0.3) is 0 Å². The van der Waals surface area contributed by atoms with E-state index in [-0.39, 0.29) is 0 Å². The van der Waals surface area contributed by atoms with Crippen LogP contribution < -0.4 is 10.6 Å². The van der Waals surface area contributed by atoms with Gasteiger partial charge in [-0.2, -0.15) is 0 Å². The third-order valence-electron chi connectivity index (χ3n) is 3.15. The largest absolute Gasteiger partial charge is 0.444 e. The van der Waals surface area contributed by atoms with Crippen LogP contribution in [0.1, 0.15) is 27.2 Å². The fourth-order valence-corrected chi connectivity index (χ4v) is 2.10. The summed E-state index contributed by atoms with van der Waals surface area (Å²) in [7, 11) is 0. The number of carbonyl (C=O) groups is 1. The average Bonchev–Trinajstić information content (AvgIpc) is 2.89. The molecule has 116 valence electrons. The fourth-order valence-electron chi connectivity index (χ4n) is 2.10. The predicted molar refractivity (Wildman–Crippen MR) is 83.7 cm³/mol. The number of hydrogen-bond donors (Lipinski definition) is 2. The van der Waals surface area contributed by atoms with Gasteiger partial charge in [-0.05, 0) is 51.5 Å². The van der Waals surface area contributed by atoms with Gasteiger partial charge in [0.15, 0.2) is 0 Å². The quantitative estimate of drug-likeness (QED) is 0.892. The van der Waals surface area contributed by atoms with Crippen LogP contribution in [0.15, 0.2) is 24.3 Å². The van der Waals surface area contributed by atoms with E-state index < -0.39 is 11.7 Å². The standard InChI is InChI=1S/C16H24N2O3/c1-16(2,3)21-15(19)18-14-6-4-13(5-7-14)17-10-12-8-9-20-11-12/h4-7,12,17H,8-11H2,1-3H3,(H,18,19). The number of anilines is 2. The van der Waals surface area contributed by atoms with Crippen LogP contribution in [-0.2, 0) is 9.47 Å². The highest BCUT2D eigenvalue weighted by molar-refractivity contribution is 5.85. The molecule has 21 heavy (non-hydrogen) atoms. The molecule has 1 saturated heterocycles. The number of amides is 1. The lowest BCUT2D eigenvalue weighted by Crippen LogP contribution is -2.27. The van der Waals surface area contributed by atoms with E-state index in [2.05, 4.69) is 10.6 Å². The minimum absolute atomic E-state index is 0.439. The number of nitrogens with one attached hydrogen (secondary N) is 2. The molecule has 1 heterocycles. The van der Waals surface area contributed by atoms with Crippen molar-refractivity contribution in [3.05, 3.63) is 24.3 Å². The molecule has 1 aromatic carbocycles. The molecule has 0 aromatic heterocycles. The molecule has 0 bridgehead atoms. The Morgan fingerprint density at radius 1 is 1.29 bits per heavy atom. The molecule has 0 spiro atoms. The minimum Gasteiger partial charge on any atom is -0.444 e. The summed E-state index contributed by atoms with van der Waals surface area (Å²) in [5, 5.41) is 6.10. The Balaban J connectivity index is 1.79. The van der Waals surface area contributed by atoms with Gasteiger partial charge in [0.2, 0.25) is 0 Å². The molecule has 1 fully saturated rings. The van der Waals surface area contributed by atoms with Gasteiger partial charge in [-0.3, -0.25) is 5.32 Å². The number of rotatable bonds is 4. The fraction of sp³-hybridized carbons (Fsp3) is 0.562. The van der Waals surface area contributed by atoms with Crippen molar-refractivity contribution in [3.63, 3.8) is 0 Å². The zero-order valence-corrected chi connectivity index (χ0v) is 12.9. The first-order valence-corrected chi connectivity index (χ1v) is 7.34. The molecule has 0 saturated carbocycles. The highest BCUT2D eigenvalue weighted by Crippen LogP contribution is 2.17. The Morgan fingerprint density at radius 3 is 2.52 bits per heavy atom. The molecule has 0 aliphatic carbocycles. The lowest BCUT2D eigenvalue weighted by atomic mass is 10.1. The van der Waals surface area contributed by atoms with Crippen LogP contribution in [-0.4, -0.2) is 31.5 Å². The third-order valence-corrected chi connectivity index (χ3v) is 3.15. The molecule has 1 unspecified atom stereocenters. The summed E-state index contributed by atoms with van der Waals surface area (Å²) in [5.41, 5.74) is 1.27. The second-order valence-corrected chi connectivity index (χ2v) is 6.31. The van der Waals surface area contributed by atoms with Crippen LogP contribution in [0, 0.1) is 5.92 Å². The van der Waals surface area contributed by atoms with Crippen molar-refractivity contribution >= 4 is 17.5 Å². The summed E-state index contributed by atoms with van der Waals surface area (Å²) < 4.78 is 10.6. The van der Waals surface area contributed by atoms with E-state index in [1.807, 2.05) is 45.0 Å². The zero-order chi connectivity index (χ0) is 15.3. The maximum absolute atomic E-state index is 11.6. The third kappa shape index (κ3) is 5.63. The van der Waals surface area contributed by atoms with Crippen LogP contribution in [0.3, 0.4) is 0 Å². The highest BCUT2D eigenvalue weighted by Gasteiger charge is 2.16. The van der Waals surface area contributed by atoms with Crippen LogP contribution >= 0.6 is 0 Å². The Bertz CT molecular complexity index is 459. The first-order chi connectivity index (χ1) is 9.92. The molecular weight excluding hydrogens is 268 g/mol. The van der Waals surface area contributed by atoms with Gasteiger partial charge < -0.3 is 14.8 Å². The zero-order valence-electron chi connectivity index (χ0n) is 12.9. The molecule has 0 radical (unpaired) electrons. The summed E-state index contributed by atoms with van der Waals surface area (Å²) in [6.07, 6.45) is 0.678. The van der Waals surface area contributed by atoms with Crippen molar-refractivity contribution in [3.8, 4) is 0 Å². The highest BCUT2D eigenvalue weighted by atomic mass is 16.6. The first kappa shape index (κ1) is 15.6. The van der Waals surface area contributed by atoms with Gasteiger partial charge in [0.25, 0.3) is 0 Å². The molecule has 2 rings (SSSR count). The van der Waals surface area contributed by atoms with Crippen molar-refractivity contribution < 1.29 is 14.3 Å². The molecule has 1 aromatic rings. The van der Waals surface area contributed by atoms with E-state index in [1.54, 1.807) is 0 Å². The van der Waals surface area contributed by atoms with Gasteiger partial charge in [-0.25, -0.2) is 4.79 Å². The minimum atomic E-state index is -0.491. The van der Waals surface area contributed by atoms with E-state index in [1.165, 1.54) is 0 Å². The summed E-state index contributed by atoms with van der Waals surface area (Å²) in [5.74, 6) is 0.588. The number of ether oxygens (including phenoxy) is 2. The van der Waals surface area contributed by atoms with Gasteiger partial charge >= 0.3 is 6.09 Å². The molecule has 1 aliphatic rings. The molecule has 5 nitrogen and oxygen atoms in total. The second kappa shape index (κ2) is 6.80. The number of benzene rings is 1. The lowest BCUT2D eigenvalue weighted by molar-refractivity contribution is 0.0636. The SMILES string of the molecule is CC(C)(C)OC(=O)Nc1ccc(NCC2CCOC2)cc1. The Hall–Kier alpha value is -1.75. The van der Waals surface area contributed by atoms with E-state index in [0.29, 0.717) is 5.92 Å². The first-order valence-electron chi connectivity index (χ1n) is 7.34. The molecule has 1 amide bonds. The maximum Gasteiger partial charge on any atom is 0.412 e. The monoisotopic (exact) mass is 292 g/mol. The second-order valence-electron chi connectivity index (χ2n) is 6.31. The van der Waals surface area contributed by atoms with Crippen molar-refractivity contribution in [2.24, 2.45) is 5.92 Å². The summed E-state index contributed by atoms with van der Waals surface area (Å²) in [6, 6.07) is 7.61. The van der Waals surface area contributed by atoms with Crippen molar-refractivity contribution in [2.45, 2.75) is 32.8 Å². The van der Waals surface area contributed by atoms with Crippen LogP contribution in [0.2, 0.25) is 0 Å². The van der Waals surface area contributed by atoms with E-state index in [9.17, 15) is 4.79 Å². The number of hydrogen-bond acceptors (Lipinski definition) is 4. The number of carbonyl (C=O) groups excluding carboxylic acids is 1. The van der Waals surface area contributed by atoms with E-state index >= 15 is 0 Å². The van der Waals surface area contributed by atoms with E-state index in [4.69, 9.17) is 9.47 Å². The molecule has 1 aliphatic heterocycles. The maximum atomic E-state index is 11.6. The molecule has 1 atom stereocenters. The van der Waals surface area contributed by atoms with Crippen molar-refractivity contribution in [1.29, 1.82) is 0 Å². The predicted octanol–water partition coefficient (Wildman–Crippen LogP) is 3.48. The lowest BCUT2D eigenvalue weighted by Gasteiger charge is -2.19. The molecular formula is C16H24N2O3. The molecule has 2 N–H and O–H groups in total. The van der Waals surface area contributed by atoms with Crippen LogP contribution in [0.4, 0.5) is 16.2 Å². The van der Waals surface area contributed by atoms with Gasteiger partial charge in [-0.1, -0.05) is 0 Å². The van der Waals surface area contributed by atoms with Gasteiger partial charge in [0.1, 0.15) is 5.60 Å². The normalized spacial score (nSPS) is 18.3.